The van der Waals surface area contributed by atoms with E-state index in [4.69, 9.17) is 0 Å². The number of halogens is 1. The number of benzene rings is 3. The number of hydrazine groups is 1. The second-order valence-corrected chi connectivity index (χ2v) is 9.12. The molecule has 0 aliphatic carbocycles. The molecule has 2 amide bonds. The number of carbonyl (C=O) groups is 2. The van der Waals surface area contributed by atoms with Crippen molar-refractivity contribution in [1.29, 1.82) is 0 Å². The van der Waals surface area contributed by atoms with E-state index in [1.807, 2.05) is 65.2 Å². The monoisotopic (exact) mass is 479 g/mol. The predicted molar refractivity (Wildman–Crippen MR) is 124 cm³/mol. The van der Waals surface area contributed by atoms with Crippen molar-refractivity contribution < 1.29 is 9.59 Å². The van der Waals surface area contributed by atoms with E-state index in [0.29, 0.717) is 5.75 Å². The Labute approximate surface area is 186 Å². The van der Waals surface area contributed by atoms with Crippen molar-refractivity contribution in [3.63, 3.8) is 0 Å². The summed E-state index contributed by atoms with van der Waals surface area (Å²) in [6, 6.07) is 23.9. The van der Waals surface area contributed by atoms with Gasteiger partial charge >= 0.3 is 0 Å². The lowest BCUT2D eigenvalue weighted by atomic mass is 10.2. The zero-order valence-electron chi connectivity index (χ0n) is 15.9. The molecule has 0 bridgehead atoms. The highest BCUT2D eigenvalue weighted by molar-refractivity contribution is 9.10. The average molecular weight is 480 g/mol. The Morgan fingerprint density at radius 3 is 2.33 bits per heavy atom. The van der Waals surface area contributed by atoms with Crippen LogP contribution in [0.4, 0.5) is 0 Å². The second kappa shape index (κ2) is 7.81. The summed E-state index contributed by atoms with van der Waals surface area (Å²) in [5.41, 5.74) is 5.82. The summed E-state index contributed by atoms with van der Waals surface area (Å²) in [4.78, 5) is 25.5. The number of hydrogen-bond acceptors (Lipinski definition) is 3. The topological polar surface area (TPSA) is 54.3 Å². The SMILES string of the molecule is O=C(Cn1c2ccccc2c2ccccc21)NN1C(=O)CSC1c1cccc(Br)c1. The van der Waals surface area contributed by atoms with Gasteiger partial charge in [-0.05, 0) is 29.8 Å². The third-order valence-electron chi connectivity index (χ3n) is 5.23. The molecule has 1 aliphatic heterocycles. The Morgan fingerprint density at radius 1 is 1.00 bits per heavy atom. The fourth-order valence-electron chi connectivity index (χ4n) is 3.94. The Hall–Kier alpha value is -2.77. The first kappa shape index (κ1) is 19.2. The highest BCUT2D eigenvalue weighted by atomic mass is 79.9. The van der Waals surface area contributed by atoms with Crippen LogP contribution in [0.3, 0.4) is 0 Å². The third-order valence-corrected chi connectivity index (χ3v) is 6.93. The van der Waals surface area contributed by atoms with Crippen molar-refractivity contribution in [3.05, 3.63) is 82.8 Å². The summed E-state index contributed by atoms with van der Waals surface area (Å²) in [6.07, 6.45) is 0. The van der Waals surface area contributed by atoms with Crippen LogP contribution in [0.25, 0.3) is 21.8 Å². The van der Waals surface area contributed by atoms with Gasteiger partial charge in [-0.3, -0.25) is 15.0 Å². The third kappa shape index (κ3) is 3.38. The van der Waals surface area contributed by atoms with Crippen LogP contribution < -0.4 is 5.43 Å². The molecule has 0 saturated carbocycles. The van der Waals surface area contributed by atoms with E-state index in [-0.39, 0.29) is 23.7 Å². The molecule has 1 fully saturated rings. The van der Waals surface area contributed by atoms with Gasteiger partial charge < -0.3 is 4.57 Å². The molecule has 30 heavy (non-hydrogen) atoms. The molecule has 1 N–H and O–H groups in total. The lowest BCUT2D eigenvalue weighted by Crippen LogP contribution is -2.45. The van der Waals surface area contributed by atoms with Crippen LogP contribution in [0, 0.1) is 0 Å². The van der Waals surface area contributed by atoms with E-state index >= 15 is 0 Å². The van der Waals surface area contributed by atoms with Crippen LogP contribution >= 0.6 is 27.7 Å². The van der Waals surface area contributed by atoms with Crippen LogP contribution in [0.15, 0.2) is 77.3 Å². The van der Waals surface area contributed by atoms with Gasteiger partial charge in [-0.2, -0.15) is 0 Å². The first-order valence-electron chi connectivity index (χ1n) is 9.56. The van der Waals surface area contributed by atoms with Crippen molar-refractivity contribution in [1.82, 2.24) is 15.0 Å². The van der Waals surface area contributed by atoms with Crippen molar-refractivity contribution in [2.45, 2.75) is 11.9 Å². The number of fused-ring (bicyclic) bond motifs is 3. The maximum atomic E-state index is 13.0. The number of carbonyl (C=O) groups excluding carboxylic acids is 2. The number of para-hydroxylation sites is 2. The van der Waals surface area contributed by atoms with E-state index in [9.17, 15) is 9.59 Å². The molecule has 7 heteroatoms. The summed E-state index contributed by atoms with van der Waals surface area (Å²) in [7, 11) is 0. The zero-order valence-corrected chi connectivity index (χ0v) is 18.3. The normalized spacial score (nSPS) is 16.5. The van der Waals surface area contributed by atoms with E-state index in [2.05, 4.69) is 33.5 Å². The summed E-state index contributed by atoms with van der Waals surface area (Å²) in [5, 5.41) is 3.45. The van der Waals surface area contributed by atoms with Crippen molar-refractivity contribution in [3.8, 4) is 0 Å². The molecule has 0 spiro atoms. The molecule has 1 aliphatic rings. The summed E-state index contributed by atoms with van der Waals surface area (Å²) < 4.78 is 2.94. The Bertz CT molecular complexity index is 1230. The summed E-state index contributed by atoms with van der Waals surface area (Å²) in [6.45, 7) is 0.133. The Morgan fingerprint density at radius 2 is 1.67 bits per heavy atom. The van der Waals surface area contributed by atoms with Gasteiger partial charge in [0.15, 0.2) is 0 Å². The molecule has 1 unspecified atom stereocenters. The fraction of sp³-hybridized carbons (Fsp3) is 0.130. The molecule has 2 heterocycles. The maximum absolute atomic E-state index is 13.0. The van der Waals surface area contributed by atoms with Crippen molar-refractivity contribution >= 4 is 61.3 Å². The van der Waals surface area contributed by atoms with Crippen molar-refractivity contribution in [2.75, 3.05) is 5.75 Å². The van der Waals surface area contributed by atoms with E-state index in [1.165, 1.54) is 16.8 Å². The molecular formula is C23H18BrN3O2S. The lowest BCUT2D eigenvalue weighted by molar-refractivity contribution is -0.139. The van der Waals surface area contributed by atoms with Gasteiger partial charge in [-0.25, -0.2) is 5.01 Å². The molecule has 0 radical (unpaired) electrons. The van der Waals surface area contributed by atoms with Crippen LogP contribution in [0.2, 0.25) is 0 Å². The number of amides is 2. The van der Waals surface area contributed by atoms with Crippen LogP contribution in [-0.4, -0.2) is 27.1 Å². The summed E-state index contributed by atoms with van der Waals surface area (Å²) >= 11 is 4.99. The maximum Gasteiger partial charge on any atom is 0.258 e. The van der Waals surface area contributed by atoms with Gasteiger partial charge in [0.1, 0.15) is 11.9 Å². The highest BCUT2D eigenvalue weighted by Gasteiger charge is 2.34. The minimum absolute atomic E-state index is 0.0967. The largest absolute Gasteiger partial charge is 0.331 e. The lowest BCUT2D eigenvalue weighted by Gasteiger charge is -2.25. The van der Waals surface area contributed by atoms with Crippen LogP contribution in [0.5, 0.6) is 0 Å². The molecule has 1 atom stereocenters. The molecule has 1 saturated heterocycles. The van der Waals surface area contributed by atoms with E-state index in [1.54, 1.807) is 0 Å². The van der Waals surface area contributed by atoms with Gasteiger partial charge in [0.25, 0.3) is 11.8 Å². The highest BCUT2D eigenvalue weighted by Crippen LogP contribution is 2.38. The number of aromatic nitrogens is 1. The van der Waals surface area contributed by atoms with Gasteiger partial charge in [0.05, 0.1) is 5.75 Å². The van der Waals surface area contributed by atoms with E-state index < -0.39 is 0 Å². The second-order valence-electron chi connectivity index (χ2n) is 7.14. The smallest absolute Gasteiger partial charge is 0.258 e. The van der Waals surface area contributed by atoms with Crippen molar-refractivity contribution in [2.24, 2.45) is 0 Å². The van der Waals surface area contributed by atoms with Gasteiger partial charge in [-0.1, -0.05) is 64.5 Å². The first-order chi connectivity index (χ1) is 14.6. The van der Waals surface area contributed by atoms with E-state index in [0.717, 1.165) is 31.8 Å². The first-order valence-corrected chi connectivity index (χ1v) is 11.4. The number of nitrogens with zero attached hydrogens (tertiary/aromatic N) is 2. The van der Waals surface area contributed by atoms with Crippen LogP contribution in [0.1, 0.15) is 10.9 Å². The Balaban J connectivity index is 1.44. The van der Waals surface area contributed by atoms with Gasteiger partial charge in [-0.15, -0.1) is 11.8 Å². The fourth-order valence-corrected chi connectivity index (χ4v) is 5.45. The average Bonchev–Trinajstić information content (AvgIpc) is 3.27. The quantitative estimate of drug-likeness (QED) is 0.454. The molecule has 4 aromatic rings. The predicted octanol–water partition coefficient (Wildman–Crippen LogP) is 4.86. The number of thioether (sulfide) groups is 1. The van der Waals surface area contributed by atoms with Gasteiger partial charge in [0.2, 0.25) is 0 Å². The van der Waals surface area contributed by atoms with Crippen LogP contribution in [-0.2, 0) is 16.1 Å². The molecule has 150 valence electrons. The number of rotatable bonds is 4. The van der Waals surface area contributed by atoms with Gasteiger partial charge in [0, 0.05) is 26.3 Å². The minimum atomic E-state index is -0.239. The standard InChI is InChI=1S/C23H18BrN3O2S/c24-16-7-5-6-15(12-16)23-27(22(29)14-30-23)25-21(28)13-26-19-10-3-1-8-17(19)18-9-2-4-11-20(18)26/h1-12,23H,13-14H2,(H,25,28). The zero-order chi connectivity index (χ0) is 20.7. The molecule has 1 aromatic heterocycles. The minimum Gasteiger partial charge on any atom is -0.331 e. The molecule has 5 rings (SSSR count). The summed E-state index contributed by atoms with van der Waals surface area (Å²) in [5.74, 6) is 0.0187. The number of hydrogen-bond donors (Lipinski definition) is 1. The molecular weight excluding hydrogens is 462 g/mol. The number of nitrogens with one attached hydrogen (secondary N) is 1. The Kier molecular flexibility index (Phi) is 5.00. The molecule has 3 aromatic carbocycles. The molecule has 5 nitrogen and oxygen atoms in total.